The van der Waals surface area contributed by atoms with Gasteiger partial charge < -0.3 is 4.74 Å². The van der Waals surface area contributed by atoms with Crippen molar-refractivity contribution in [3.63, 3.8) is 0 Å². The number of thiophene rings is 1. The van der Waals surface area contributed by atoms with E-state index >= 15 is 0 Å². The lowest BCUT2D eigenvalue weighted by atomic mass is 10.0. The fourth-order valence-electron chi connectivity index (χ4n) is 2.45. The van der Waals surface area contributed by atoms with Crippen LogP contribution in [0.3, 0.4) is 0 Å². The largest absolute Gasteiger partial charge is 0.492 e. The third kappa shape index (κ3) is 2.71. The maximum Gasteiger partial charge on any atom is 0.166 e. The smallest absolute Gasteiger partial charge is 0.166 e. The Labute approximate surface area is 117 Å². The number of carbonyl (C=O) groups excluding carboxylic acids is 1. The summed E-state index contributed by atoms with van der Waals surface area (Å²) in [6.07, 6.45) is 3.41. The first-order chi connectivity index (χ1) is 9.34. The monoisotopic (exact) mass is 272 g/mol. The van der Waals surface area contributed by atoms with Gasteiger partial charge >= 0.3 is 0 Å². The van der Waals surface area contributed by atoms with Crippen LogP contribution in [0.2, 0.25) is 0 Å². The Morgan fingerprint density at radius 3 is 3.05 bits per heavy atom. The SMILES string of the molecule is O=C(CCCc1cccs1)c1cccc2c1OCC2. The van der Waals surface area contributed by atoms with E-state index in [-0.39, 0.29) is 5.78 Å². The minimum absolute atomic E-state index is 0.204. The predicted molar refractivity (Wildman–Crippen MR) is 77.2 cm³/mol. The van der Waals surface area contributed by atoms with Crippen LogP contribution in [0.15, 0.2) is 35.7 Å². The topological polar surface area (TPSA) is 26.3 Å². The molecule has 3 rings (SSSR count). The molecule has 0 fully saturated rings. The van der Waals surface area contributed by atoms with E-state index in [9.17, 15) is 4.79 Å². The van der Waals surface area contributed by atoms with Gasteiger partial charge in [-0.1, -0.05) is 18.2 Å². The van der Waals surface area contributed by atoms with E-state index in [1.54, 1.807) is 11.3 Å². The van der Waals surface area contributed by atoms with E-state index in [1.165, 1.54) is 10.4 Å². The minimum Gasteiger partial charge on any atom is -0.492 e. The molecule has 0 bridgehead atoms. The molecular weight excluding hydrogens is 256 g/mol. The number of carbonyl (C=O) groups is 1. The van der Waals surface area contributed by atoms with Crippen LogP contribution in [-0.4, -0.2) is 12.4 Å². The molecule has 0 N–H and O–H groups in total. The standard InChI is InChI=1S/C16H16O2S/c17-15(8-2-5-13-6-3-11-19-13)14-7-1-4-12-9-10-18-16(12)14/h1,3-4,6-7,11H,2,5,8-10H2. The number of hydrogen-bond acceptors (Lipinski definition) is 3. The van der Waals surface area contributed by atoms with Gasteiger partial charge in [0.15, 0.2) is 5.78 Å². The van der Waals surface area contributed by atoms with E-state index in [0.29, 0.717) is 13.0 Å². The summed E-state index contributed by atoms with van der Waals surface area (Å²) in [5, 5.41) is 2.08. The van der Waals surface area contributed by atoms with Gasteiger partial charge in [0.05, 0.1) is 12.2 Å². The summed E-state index contributed by atoms with van der Waals surface area (Å²) in [4.78, 5) is 13.6. The van der Waals surface area contributed by atoms with E-state index in [0.717, 1.165) is 30.6 Å². The molecule has 98 valence electrons. The summed E-state index contributed by atoms with van der Waals surface area (Å²) in [5.41, 5.74) is 1.94. The Bertz CT molecular complexity index is 572. The fraction of sp³-hybridized carbons (Fsp3) is 0.312. The first kappa shape index (κ1) is 12.4. The maximum atomic E-state index is 12.3. The summed E-state index contributed by atoms with van der Waals surface area (Å²) in [5.74, 6) is 1.03. The molecule has 0 radical (unpaired) electrons. The van der Waals surface area contributed by atoms with Crippen LogP contribution in [0.1, 0.15) is 33.6 Å². The second-order valence-electron chi connectivity index (χ2n) is 4.75. The molecular formula is C16H16O2S. The van der Waals surface area contributed by atoms with Gasteiger partial charge in [-0.3, -0.25) is 4.79 Å². The number of ether oxygens (including phenoxy) is 1. The normalized spacial score (nSPS) is 13.1. The second-order valence-corrected chi connectivity index (χ2v) is 5.78. The lowest BCUT2D eigenvalue weighted by Gasteiger charge is -2.06. The van der Waals surface area contributed by atoms with Crippen molar-refractivity contribution in [2.45, 2.75) is 25.7 Å². The van der Waals surface area contributed by atoms with Crippen molar-refractivity contribution in [1.82, 2.24) is 0 Å². The van der Waals surface area contributed by atoms with E-state index in [1.807, 2.05) is 18.2 Å². The van der Waals surface area contributed by atoms with Gasteiger partial charge in [-0.25, -0.2) is 0 Å². The van der Waals surface area contributed by atoms with Crippen LogP contribution in [0.5, 0.6) is 5.75 Å². The highest BCUT2D eigenvalue weighted by Gasteiger charge is 2.19. The molecule has 1 aromatic carbocycles. The van der Waals surface area contributed by atoms with E-state index in [2.05, 4.69) is 17.5 Å². The number of ketones is 1. The highest BCUT2D eigenvalue weighted by atomic mass is 32.1. The van der Waals surface area contributed by atoms with E-state index < -0.39 is 0 Å². The number of Topliss-reactive ketones (excluding diaryl/α,β-unsaturated/α-hetero) is 1. The van der Waals surface area contributed by atoms with Crippen molar-refractivity contribution in [3.8, 4) is 5.75 Å². The van der Waals surface area contributed by atoms with Gasteiger partial charge in [0.1, 0.15) is 5.75 Å². The van der Waals surface area contributed by atoms with Crippen molar-refractivity contribution in [2.75, 3.05) is 6.61 Å². The van der Waals surface area contributed by atoms with E-state index in [4.69, 9.17) is 4.74 Å². The van der Waals surface area contributed by atoms with Gasteiger partial charge in [-0.2, -0.15) is 0 Å². The Morgan fingerprint density at radius 1 is 1.26 bits per heavy atom. The van der Waals surface area contributed by atoms with Crippen molar-refractivity contribution < 1.29 is 9.53 Å². The molecule has 0 saturated carbocycles. The van der Waals surface area contributed by atoms with Gasteiger partial charge in [0.25, 0.3) is 0 Å². The molecule has 19 heavy (non-hydrogen) atoms. The summed E-state index contributed by atoms with van der Waals surface area (Å²) >= 11 is 1.75. The average molecular weight is 272 g/mol. The van der Waals surface area contributed by atoms with Crippen molar-refractivity contribution in [1.29, 1.82) is 0 Å². The summed E-state index contributed by atoms with van der Waals surface area (Å²) in [6, 6.07) is 10.1. The van der Waals surface area contributed by atoms with Crippen LogP contribution in [0.4, 0.5) is 0 Å². The zero-order chi connectivity index (χ0) is 13.1. The number of benzene rings is 1. The Balaban J connectivity index is 1.63. The molecule has 0 saturated heterocycles. The molecule has 3 heteroatoms. The molecule has 2 aromatic rings. The van der Waals surface area contributed by atoms with Crippen LogP contribution in [0.25, 0.3) is 0 Å². The highest BCUT2D eigenvalue weighted by molar-refractivity contribution is 7.09. The first-order valence-electron chi connectivity index (χ1n) is 6.65. The molecule has 2 nitrogen and oxygen atoms in total. The van der Waals surface area contributed by atoms with Crippen LogP contribution in [-0.2, 0) is 12.8 Å². The summed E-state index contributed by atoms with van der Waals surface area (Å²) < 4.78 is 5.58. The summed E-state index contributed by atoms with van der Waals surface area (Å²) in [7, 11) is 0. The molecule has 1 aliphatic heterocycles. The molecule has 0 atom stereocenters. The molecule has 2 heterocycles. The number of fused-ring (bicyclic) bond motifs is 1. The molecule has 0 amide bonds. The minimum atomic E-state index is 0.204. The quantitative estimate of drug-likeness (QED) is 0.772. The van der Waals surface area contributed by atoms with Gasteiger partial charge in [-0.05, 0) is 35.9 Å². The average Bonchev–Trinajstić information content (AvgIpc) is 3.08. The second kappa shape index (κ2) is 5.57. The third-order valence-electron chi connectivity index (χ3n) is 3.42. The first-order valence-corrected chi connectivity index (χ1v) is 7.53. The summed E-state index contributed by atoms with van der Waals surface area (Å²) in [6.45, 7) is 0.703. The predicted octanol–water partition coefficient (Wildman–Crippen LogP) is 3.89. The molecule has 0 aliphatic carbocycles. The van der Waals surface area contributed by atoms with Gasteiger partial charge in [0.2, 0.25) is 0 Å². The molecule has 1 aromatic heterocycles. The lowest BCUT2D eigenvalue weighted by molar-refractivity contribution is 0.0977. The van der Waals surface area contributed by atoms with Crippen molar-refractivity contribution in [2.24, 2.45) is 0 Å². The molecule has 0 unspecified atom stereocenters. The fourth-order valence-corrected chi connectivity index (χ4v) is 3.20. The van der Waals surface area contributed by atoms with Crippen LogP contribution < -0.4 is 4.74 Å². The highest BCUT2D eigenvalue weighted by Crippen LogP contribution is 2.30. The van der Waals surface area contributed by atoms with Gasteiger partial charge in [0, 0.05) is 17.7 Å². The Hall–Kier alpha value is -1.61. The number of rotatable bonds is 5. The molecule has 0 spiro atoms. The zero-order valence-electron chi connectivity index (χ0n) is 10.7. The maximum absolute atomic E-state index is 12.3. The Morgan fingerprint density at radius 2 is 2.21 bits per heavy atom. The van der Waals surface area contributed by atoms with Crippen LogP contribution >= 0.6 is 11.3 Å². The van der Waals surface area contributed by atoms with Crippen molar-refractivity contribution in [3.05, 3.63) is 51.7 Å². The van der Waals surface area contributed by atoms with Crippen molar-refractivity contribution >= 4 is 17.1 Å². The zero-order valence-corrected chi connectivity index (χ0v) is 11.5. The van der Waals surface area contributed by atoms with Gasteiger partial charge in [-0.15, -0.1) is 11.3 Å². The number of hydrogen-bond donors (Lipinski definition) is 0. The van der Waals surface area contributed by atoms with Crippen LogP contribution in [0, 0.1) is 0 Å². The third-order valence-corrected chi connectivity index (χ3v) is 4.36. The Kier molecular flexibility index (Phi) is 3.65. The number of para-hydroxylation sites is 1. The number of aryl methyl sites for hydroxylation is 1. The lowest BCUT2D eigenvalue weighted by Crippen LogP contribution is -2.02. The molecule has 1 aliphatic rings.